The van der Waals surface area contributed by atoms with E-state index in [0.717, 1.165) is 17.7 Å². The van der Waals surface area contributed by atoms with Gasteiger partial charge in [-0.25, -0.2) is 4.79 Å². The number of amides is 2. The normalized spacial score (nSPS) is 12.2. The lowest BCUT2D eigenvalue weighted by atomic mass is 10.0. The minimum Gasteiger partial charge on any atom is -0.497 e. The first kappa shape index (κ1) is 20.8. The Balaban J connectivity index is 2.35. The molecule has 0 aliphatic rings. The number of rotatable bonds is 8. The maximum absolute atomic E-state index is 12.1. The molecule has 140 valence electrons. The van der Waals surface area contributed by atoms with Crippen molar-refractivity contribution in [2.75, 3.05) is 13.7 Å². The van der Waals surface area contributed by atoms with E-state index in [2.05, 4.69) is 10.6 Å². The lowest BCUT2D eigenvalue weighted by Gasteiger charge is -2.20. The van der Waals surface area contributed by atoms with Crippen molar-refractivity contribution in [1.29, 1.82) is 0 Å². The molecule has 25 heavy (non-hydrogen) atoms. The Kier molecular flexibility index (Phi) is 8.25. The molecule has 0 aliphatic heterocycles. The van der Waals surface area contributed by atoms with Gasteiger partial charge in [0.1, 0.15) is 11.4 Å². The number of carbonyl (C=O) groups is 2. The predicted molar refractivity (Wildman–Crippen MR) is 97.6 cm³/mol. The lowest BCUT2D eigenvalue weighted by molar-refractivity contribution is -0.122. The minimum absolute atomic E-state index is 0.0304. The van der Waals surface area contributed by atoms with Gasteiger partial charge in [0.05, 0.1) is 13.2 Å². The van der Waals surface area contributed by atoms with E-state index >= 15 is 0 Å². The zero-order valence-corrected chi connectivity index (χ0v) is 15.8. The van der Waals surface area contributed by atoms with E-state index in [1.54, 1.807) is 7.11 Å². The Hall–Kier alpha value is -2.24. The minimum atomic E-state index is -0.520. The maximum atomic E-state index is 12.1. The van der Waals surface area contributed by atoms with Crippen LogP contribution >= 0.6 is 0 Å². The highest BCUT2D eigenvalue weighted by molar-refractivity contribution is 5.76. The molecule has 1 aromatic rings. The molecule has 0 saturated carbocycles. The zero-order chi connectivity index (χ0) is 18.9. The van der Waals surface area contributed by atoms with Crippen LogP contribution in [0.5, 0.6) is 5.75 Å². The molecule has 0 spiro atoms. The van der Waals surface area contributed by atoms with Crippen LogP contribution in [-0.4, -0.2) is 31.3 Å². The second kappa shape index (κ2) is 9.91. The molecule has 0 aliphatic carbocycles. The van der Waals surface area contributed by atoms with Gasteiger partial charge in [-0.2, -0.15) is 0 Å². The summed E-state index contributed by atoms with van der Waals surface area (Å²) >= 11 is 0. The van der Waals surface area contributed by atoms with Gasteiger partial charge in [0.25, 0.3) is 0 Å². The van der Waals surface area contributed by atoms with Gasteiger partial charge in [0.15, 0.2) is 0 Å². The average Bonchev–Trinajstić information content (AvgIpc) is 2.55. The van der Waals surface area contributed by atoms with Crippen LogP contribution in [0.3, 0.4) is 0 Å². The van der Waals surface area contributed by atoms with Gasteiger partial charge < -0.3 is 20.1 Å². The third-order valence-electron chi connectivity index (χ3n) is 3.51. The number of alkyl carbamates (subject to hydrolysis) is 1. The molecule has 0 aromatic heterocycles. The fourth-order valence-electron chi connectivity index (χ4n) is 2.28. The second-order valence-corrected chi connectivity index (χ2v) is 6.83. The Labute approximate surface area is 150 Å². The van der Waals surface area contributed by atoms with E-state index in [9.17, 15) is 9.59 Å². The summed E-state index contributed by atoms with van der Waals surface area (Å²) in [5.41, 5.74) is 0.525. The van der Waals surface area contributed by atoms with Crippen molar-refractivity contribution >= 4 is 12.0 Å². The van der Waals surface area contributed by atoms with Gasteiger partial charge in [-0.1, -0.05) is 19.1 Å². The number of nitrogens with one attached hydrogen (secondary N) is 2. The lowest BCUT2D eigenvalue weighted by Crippen LogP contribution is -2.34. The number of ether oxygens (including phenoxy) is 2. The summed E-state index contributed by atoms with van der Waals surface area (Å²) in [7, 11) is 1.62. The standard InChI is InChI=1S/C19H30N2O4/c1-6-16(14-9-11-15(24-5)12-10-14)21-17(22)8-7-13-20-18(23)25-19(2,3)4/h9-12,16H,6-8,13H2,1-5H3,(H,20,23)(H,21,22). The Bertz CT molecular complexity index is 550. The first-order chi connectivity index (χ1) is 11.7. The first-order valence-electron chi connectivity index (χ1n) is 8.65. The van der Waals surface area contributed by atoms with Crippen LogP contribution in [0.2, 0.25) is 0 Å². The van der Waals surface area contributed by atoms with Crippen molar-refractivity contribution in [3.63, 3.8) is 0 Å². The summed E-state index contributed by atoms with van der Waals surface area (Å²) in [5, 5.41) is 5.67. The van der Waals surface area contributed by atoms with Gasteiger partial charge in [-0.05, 0) is 51.3 Å². The molecule has 1 aromatic carbocycles. The van der Waals surface area contributed by atoms with E-state index in [1.165, 1.54) is 0 Å². The zero-order valence-electron chi connectivity index (χ0n) is 15.8. The SMILES string of the molecule is CCC(NC(=O)CCCNC(=O)OC(C)(C)C)c1ccc(OC)cc1. The van der Waals surface area contributed by atoms with Crippen LogP contribution in [-0.2, 0) is 9.53 Å². The molecule has 1 rings (SSSR count). The van der Waals surface area contributed by atoms with Gasteiger partial charge in [0, 0.05) is 13.0 Å². The van der Waals surface area contributed by atoms with Crippen LogP contribution in [0.15, 0.2) is 24.3 Å². The molecule has 0 heterocycles. The van der Waals surface area contributed by atoms with E-state index in [4.69, 9.17) is 9.47 Å². The number of carbonyl (C=O) groups excluding carboxylic acids is 2. The molecule has 1 atom stereocenters. The van der Waals surface area contributed by atoms with Crippen molar-refractivity contribution < 1.29 is 19.1 Å². The quantitative estimate of drug-likeness (QED) is 0.703. The molecule has 1 unspecified atom stereocenters. The Morgan fingerprint density at radius 1 is 1.16 bits per heavy atom. The number of hydrogen-bond donors (Lipinski definition) is 2. The van der Waals surface area contributed by atoms with Crippen molar-refractivity contribution in [3.8, 4) is 5.75 Å². The van der Waals surface area contributed by atoms with E-state index in [1.807, 2.05) is 52.0 Å². The maximum Gasteiger partial charge on any atom is 0.407 e. The fraction of sp³-hybridized carbons (Fsp3) is 0.579. The predicted octanol–water partition coefficient (Wildman–Crippen LogP) is 3.57. The highest BCUT2D eigenvalue weighted by atomic mass is 16.6. The fourth-order valence-corrected chi connectivity index (χ4v) is 2.28. The number of benzene rings is 1. The van der Waals surface area contributed by atoms with Crippen LogP contribution in [0.4, 0.5) is 4.79 Å². The van der Waals surface area contributed by atoms with Gasteiger partial charge in [-0.3, -0.25) is 4.79 Å². The number of hydrogen-bond acceptors (Lipinski definition) is 4. The molecule has 6 heteroatoms. The van der Waals surface area contributed by atoms with Crippen molar-refractivity contribution in [2.24, 2.45) is 0 Å². The Morgan fingerprint density at radius 3 is 2.32 bits per heavy atom. The van der Waals surface area contributed by atoms with Crippen molar-refractivity contribution in [3.05, 3.63) is 29.8 Å². The van der Waals surface area contributed by atoms with Gasteiger partial charge in [0.2, 0.25) is 5.91 Å². The largest absolute Gasteiger partial charge is 0.497 e. The molecule has 6 nitrogen and oxygen atoms in total. The van der Waals surface area contributed by atoms with E-state index in [-0.39, 0.29) is 11.9 Å². The molecular formula is C19H30N2O4. The highest BCUT2D eigenvalue weighted by Crippen LogP contribution is 2.20. The molecule has 2 amide bonds. The topological polar surface area (TPSA) is 76.7 Å². The summed E-state index contributed by atoms with van der Waals surface area (Å²) in [5.74, 6) is 0.756. The van der Waals surface area contributed by atoms with Crippen LogP contribution in [0.1, 0.15) is 58.6 Å². The van der Waals surface area contributed by atoms with E-state index < -0.39 is 11.7 Å². The Morgan fingerprint density at radius 2 is 1.80 bits per heavy atom. The van der Waals surface area contributed by atoms with Crippen molar-refractivity contribution in [1.82, 2.24) is 10.6 Å². The molecule has 2 N–H and O–H groups in total. The van der Waals surface area contributed by atoms with E-state index in [0.29, 0.717) is 19.4 Å². The smallest absolute Gasteiger partial charge is 0.407 e. The van der Waals surface area contributed by atoms with Crippen LogP contribution in [0, 0.1) is 0 Å². The van der Waals surface area contributed by atoms with Gasteiger partial charge >= 0.3 is 6.09 Å². The third kappa shape index (κ3) is 8.42. The summed E-state index contributed by atoms with van der Waals surface area (Å²) in [6.45, 7) is 7.86. The summed E-state index contributed by atoms with van der Waals surface area (Å²) in [6.07, 6.45) is 1.25. The van der Waals surface area contributed by atoms with Crippen LogP contribution < -0.4 is 15.4 Å². The van der Waals surface area contributed by atoms with Crippen molar-refractivity contribution in [2.45, 2.75) is 58.6 Å². The molecule has 0 radical (unpaired) electrons. The molecular weight excluding hydrogens is 320 g/mol. The second-order valence-electron chi connectivity index (χ2n) is 6.83. The molecule has 0 fully saturated rings. The summed E-state index contributed by atoms with van der Waals surface area (Å²) < 4.78 is 10.3. The monoisotopic (exact) mass is 350 g/mol. The van der Waals surface area contributed by atoms with Gasteiger partial charge in [-0.15, -0.1) is 0 Å². The average molecular weight is 350 g/mol. The first-order valence-corrected chi connectivity index (χ1v) is 8.65. The third-order valence-corrected chi connectivity index (χ3v) is 3.51. The summed E-state index contributed by atoms with van der Waals surface area (Å²) in [6, 6.07) is 7.65. The number of methoxy groups -OCH3 is 1. The molecule has 0 bridgehead atoms. The molecule has 0 saturated heterocycles. The van der Waals surface area contributed by atoms with Crippen LogP contribution in [0.25, 0.3) is 0 Å². The highest BCUT2D eigenvalue weighted by Gasteiger charge is 2.16. The summed E-state index contributed by atoms with van der Waals surface area (Å²) in [4.78, 5) is 23.6.